The van der Waals surface area contributed by atoms with Crippen molar-refractivity contribution in [3.05, 3.63) is 0 Å². The van der Waals surface area contributed by atoms with E-state index in [0.29, 0.717) is 0 Å². The van der Waals surface area contributed by atoms with Crippen LogP contribution >= 0.6 is 7.82 Å². The standard InChI is InChI=1S/C10H24NO6P/c1-2-3-4-6-15-18(14,16-7-5-11)17-9-10(13)8-12/h10,12-13H,2-9,11H2,1H3. The summed E-state index contributed by atoms with van der Waals surface area (Å²) in [6.07, 6.45) is 1.61. The molecule has 0 fully saturated rings. The Morgan fingerprint density at radius 1 is 1.22 bits per heavy atom. The highest BCUT2D eigenvalue weighted by Gasteiger charge is 2.27. The average molecular weight is 285 g/mol. The van der Waals surface area contributed by atoms with Crippen molar-refractivity contribution in [2.24, 2.45) is 5.73 Å². The van der Waals surface area contributed by atoms with Crippen LogP contribution in [0.25, 0.3) is 0 Å². The van der Waals surface area contributed by atoms with Crippen LogP contribution in [0.3, 0.4) is 0 Å². The number of hydrogen-bond acceptors (Lipinski definition) is 7. The van der Waals surface area contributed by atoms with Crippen LogP contribution in [0.5, 0.6) is 0 Å². The summed E-state index contributed by atoms with van der Waals surface area (Å²) in [5, 5.41) is 17.8. The monoisotopic (exact) mass is 285 g/mol. The predicted octanol–water partition coefficient (Wildman–Crippen LogP) is 0.646. The van der Waals surface area contributed by atoms with Gasteiger partial charge in [0.25, 0.3) is 0 Å². The molecule has 2 atom stereocenters. The zero-order valence-corrected chi connectivity index (χ0v) is 11.7. The Bertz CT molecular complexity index is 240. The highest BCUT2D eigenvalue weighted by Crippen LogP contribution is 2.49. The first-order chi connectivity index (χ1) is 8.58. The molecule has 4 N–H and O–H groups in total. The fraction of sp³-hybridized carbons (Fsp3) is 1.00. The molecule has 18 heavy (non-hydrogen) atoms. The maximum atomic E-state index is 12.0. The molecule has 0 aromatic rings. The lowest BCUT2D eigenvalue weighted by Gasteiger charge is -2.18. The highest BCUT2D eigenvalue weighted by atomic mass is 31.2. The van der Waals surface area contributed by atoms with Gasteiger partial charge in [0.05, 0.1) is 26.4 Å². The van der Waals surface area contributed by atoms with E-state index in [1.54, 1.807) is 0 Å². The van der Waals surface area contributed by atoms with Gasteiger partial charge >= 0.3 is 7.82 Å². The summed E-state index contributed by atoms with van der Waals surface area (Å²) < 4.78 is 27.0. The molecule has 0 aromatic heterocycles. The van der Waals surface area contributed by atoms with E-state index in [9.17, 15) is 4.57 Å². The van der Waals surface area contributed by atoms with E-state index in [0.717, 1.165) is 19.3 Å². The fourth-order valence-corrected chi connectivity index (χ4v) is 2.29. The summed E-state index contributed by atoms with van der Waals surface area (Å²) in [5.41, 5.74) is 5.25. The fourth-order valence-electron chi connectivity index (χ4n) is 1.03. The summed E-state index contributed by atoms with van der Waals surface area (Å²) in [5.74, 6) is 0. The van der Waals surface area contributed by atoms with Crippen molar-refractivity contribution in [3.8, 4) is 0 Å². The van der Waals surface area contributed by atoms with Crippen molar-refractivity contribution < 1.29 is 28.3 Å². The second-order valence-electron chi connectivity index (χ2n) is 3.74. The van der Waals surface area contributed by atoms with Crippen molar-refractivity contribution in [1.82, 2.24) is 0 Å². The van der Waals surface area contributed by atoms with Gasteiger partial charge in [-0.15, -0.1) is 0 Å². The van der Waals surface area contributed by atoms with Crippen molar-refractivity contribution in [2.75, 3.05) is 33.0 Å². The molecule has 8 heteroatoms. The zero-order chi connectivity index (χ0) is 13.9. The van der Waals surface area contributed by atoms with Crippen LogP contribution in [0.4, 0.5) is 0 Å². The Kier molecular flexibility index (Phi) is 10.9. The number of aliphatic hydroxyl groups excluding tert-OH is 2. The third-order valence-corrected chi connectivity index (χ3v) is 3.46. The SMILES string of the molecule is CCCCCOP(=O)(OCCN)OCC(O)CO. The molecule has 0 aliphatic heterocycles. The molecule has 2 unspecified atom stereocenters. The van der Waals surface area contributed by atoms with Gasteiger partial charge in [0.1, 0.15) is 6.10 Å². The molecule has 0 saturated heterocycles. The first-order valence-electron chi connectivity index (χ1n) is 6.10. The van der Waals surface area contributed by atoms with Gasteiger partial charge in [0, 0.05) is 6.54 Å². The van der Waals surface area contributed by atoms with Gasteiger partial charge in [-0.1, -0.05) is 19.8 Å². The van der Waals surface area contributed by atoms with E-state index in [4.69, 9.17) is 29.5 Å². The summed E-state index contributed by atoms with van der Waals surface area (Å²) in [6.45, 7) is 1.73. The predicted molar refractivity (Wildman–Crippen MR) is 67.1 cm³/mol. The molecular weight excluding hydrogens is 261 g/mol. The molecular formula is C10H24NO6P. The summed E-state index contributed by atoms with van der Waals surface area (Å²) in [4.78, 5) is 0. The van der Waals surface area contributed by atoms with Crippen molar-refractivity contribution in [3.63, 3.8) is 0 Å². The van der Waals surface area contributed by atoms with Gasteiger partial charge in [-0.2, -0.15) is 0 Å². The van der Waals surface area contributed by atoms with E-state index in [-0.39, 0.29) is 26.4 Å². The molecule has 110 valence electrons. The van der Waals surface area contributed by atoms with Crippen molar-refractivity contribution >= 4 is 7.82 Å². The highest BCUT2D eigenvalue weighted by molar-refractivity contribution is 7.48. The largest absolute Gasteiger partial charge is 0.474 e. The number of unbranched alkanes of at least 4 members (excludes halogenated alkanes) is 2. The van der Waals surface area contributed by atoms with E-state index in [2.05, 4.69) is 0 Å². The Labute approximate surface area is 108 Å². The van der Waals surface area contributed by atoms with Gasteiger partial charge < -0.3 is 15.9 Å². The Morgan fingerprint density at radius 2 is 1.89 bits per heavy atom. The van der Waals surface area contributed by atoms with E-state index >= 15 is 0 Å². The molecule has 7 nitrogen and oxygen atoms in total. The van der Waals surface area contributed by atoms with Crippen LogP contribution in [0.1, 0.15) is 26.2 Å². The summed E-state index contributed by atoms with van der Waals surface area (Å²) >= 11 is 0. The lowest BCUT2D eigenvalue weighted by atomic mass is 10.3. The molecule has 0 heterocycles. The summed E-state index contributed by atoms with van der Waals surface area (Å²) in [6, 6.07) is 0. The number of nitrogens with two attached hydrogens (primary N) is 1. The molecule has 0 aromatic carbocycles. The summed E-state index contributed by atoms with van der Waals surface area (Å²) in [7, 11) is -3.69. The first-order valence-corrected chi connectivity index (χ1v) is 7.56. The molecule has 0 aliphatic rings. The molecule has 0 saturated carbocycles. The third kappa shape index (κ3) is 8.99. The van der Waals surface area contributed by atoms with Crippen LogP contribution in [0, 0.1) is 0 Å². The number of phosphoric acid groups is 1. The van der Waals surface area contributed by atoms with E-state index in [1.807, 2.05) is 6.92 Å². The van der Waals surface area contributed by atoms with Crippen molar-refractivity contribution in [2.45, 2.75) is 32.3 Å². The molecule has 0 rings (SSSR count). The number of phosphoric ester groups is 1. The van der Waals surface area contributed by atoms with Gasteiger partial charge in [-0.3, -0.25) is 13.6 Å². The molecule has 0 spiro atoms. The molecule has 0 amide bonds. The van der Waals surface area contributed by atoms with Gasteiger partial charge in [-0.05, 0) is 6.42 Å². The van der Waals surface area contributed by atoms with Crippen molar-refractivity contribution in [1.29, 1.82) is 0 Å². The van der Waals surface area contributed by atoms with Crippen LogP contribution in [0.2, 0.25) is 0 Å². The zero-order valence-electron chi connectivity index (χ0n) is 10.8. The Balaban J connectivity index is 4.11. The smallest absolute Gasteiger partial charge is 0.394 e. The topological polar surface area (TPSA) is 111 Å². The van der Waals surface area contributed by atoms with E-state index in [1.165, 1.54) is 0 Å². The number of aliphatic hydroxyl groups is 2. The van der Waals surface area contributed by atoms with Gasteiger partial charge in [0.15, 0.2) is 0 Å². The lowest BCUT2D eigenvalue weighted by Crippen LogP contribution is -2.20. The second-order valence-corrected chi connectivity index (χ2v) is 5.41. The molecule has 0 bridgehead atoms. The van der Waals surface area contributed by atoms with Crippen LogP contribution < -0.4 is 5.73 Å². The lowest BCUT2D eigenvalue weighted by molar-refractivity contribution is 0.0294. The van der Waals surface area contributed by atoms with Crippen LogP contribution in [0.15, 0.2) is 0 Å². The molecule has 0 aliphatic carbocycles. The van der Waals surface area contributed by atoms with Crippen LogP contribution in [-0.2, 0) is 18.1 Å². The number of hydrogen-bond donors (Lipinski definition) is 3. The number of rotatable bonds is 12. The van der Waals surface area contributed by atoms with Gasteiger partial charge in [-0.25, -0.2) is 4.57 Å². The quantitative estimate of drug-likeness (QED) is 0.356. The second kappa shape index (κ2) is 10.9. The maximum absolute atomic E-state index is 12.0. The minimum Gasteiger partial charge on any atom is -0.394 e. The van der Waals surface area contributed by atoms with Crippen LogP contribution in [-0.4, -0.2) is 49.3 Å². The maximum Gasteiger partial charge on any atom is 0.474 e. The first kappa shape index (κ1) is 18.0. The molecule has 0 radical (unpaired) electrons. The van der Waals surface area contributed by atoms with E-state index < -0.39 is 20.5 Å². The minimum atomic E-state index is -3.69. The normalized spacial score (nSPS) is 16.4. The minimum absolute atomic E-state index is 0.0419. The van der Waals surface area contributed by atoms with Gasteiger partial charge in [0.2, 0.25) is 0 Å². The average Bonchev–Trinajstić information content (AvgIpc) is 2.39. The Morgan fingerprint density at radius 3 is 2.44 bits per heavy atom. The Hall–Kier alpha value is -0.0100. The third-order valence-electron chi connectivity index (χ3n) is 2.00.